The maximum absolute atomic E-state index is 13.8. The van der Waals surface area contributed by atoms with Crippen molar-refractivity contribution in [1.29, 1.82) is 0 Å². The number of halogens is 1. The molecule has 0 unspecified atom stereocenters. The number of carbonyl (C=O) groups excluding carboxylic acids is 2. The Kier molecular flexibility index (Phi) is 11.0. The van der Waals surface area contributed by atoms with Crippen molar-refractivity contribution in [3.8, 4) is 11.5 Å². The first-order valence-corrected chi connectivity index (χ1v) is 13.3. The van der Waals surface area contributed by atoms with Gasteiger partial charge in [0.05, 0.1) is 14.2 Å². The first-order chi connectivity index (χ1) is 18.4. The Labute approximate surface area is 230 Å². The van der Waals surface area contributed by atoms with Gasteiger partial charge < -0.3 is 19.7 Å². The third-order valence-electron chi connectivity index (χ3n) is 6.65. The molecule has 38 heavy (non-hydrogen) atoms. The average Bonchev–Trinajstić information content (AvgIpc) is 2.94. The van der Waals surface area contributed by atoms with Crippen LogP contribution in [0.15, 0.2) is 72.8 Å². The van der Waals surface area contributed by atoms with Crippen LogP contribution in [0.3, 0.4) is 0 Å². The van der Waals surface area contributed by atoms with E-state index in [-0.39, 0.29) is 30.8 Å². The second-order valence-electron chi connectivity index (χ2n) is 9.33. The highest BCUT2D eigenvalue weighted by Crippen LogP contribution is 2.28. The van der Waals surface area contributed by atoms with E-state index in [1.54, 1.807) is 25.2 Å². The largest absolute Gasteiger partial charge is 0.493 e. The molecule has 3 aromatic rings. The van der Waals surface area contributed by atoms with E-state index >= 15 is 0 Å². The van der Waals surface area contributed by atoms with Crippen LogP contribution in [0.4, 0.5) is 0 Å². The Morgan fingerprint density at radius 3 is 2.26 bits per heavy atom. The number of hydrogen-bond acceptors (Lipinski definition) is 4. The van der Waals surface area contributed by atoms with Crippen molar-refractivity contribution >= 4 is 23.4 Å². The molecular formula is C31H37ClN2O4. The monoisotopic (exact) mass is 536 g/mol. The summed E-state index contributed by atoms with van der Waals surface area (Å²) in [5, 5.41) is 3.65. The highest BCUT2D eigenvalue weighted by Gasteiger charge is 2.31. The number of ether oxygens (including phenoxy) is 2. The predicted octanol–water partition coefficient (Wildman–Crippen LogP) is 5.84. The number of nitrogens with zero attached hydrogens (tertiary/aromatic N) is 1. The van der Waals surface area contributed by atoms with Crippen molar-refractivity contribution in [3.63, 3.8) is 0 Å². The van der Waals surface area contributed by atoms with Crippen LogP contribution in [0.1, 0.15) is 43.4 Å². The fourth-order valence-electron chi connectivity index (χ4n) is 4.24. The molecule has 3 aromatic carbocycles. The summed E-state index contributed by atoms with van der Waals surface area (Å²) in [4.78, 5) is 29.1. The van der Waals surface area contributed by atoms with Gasteiger partial charge in [-0.1, -0.05) is 73.1 Å². The summed E-state index contributed by atoms with van der Waals surface area (Å²) in [5.74, 6) is 0.947. The SMILES string of the molecule is CC[C@@H](C)NC(=O)[C@H](Cc1ccccc1)N(Cc1ccccc1Cl)C(=O)CCc1ccc(OC)c(OC)c1. The van der Waals surface area contributed by atoms with Crippen LogP contribution in [0.2, 0.25) is 5.02 Å². The van der Waals surface area contributed by atoms with E-state index in [2.05, 4.69) is 5.32 Å². The fourth-order valence-corrected chi connectivity index (χ4v) is 4.43. The van der Waals surface area contributed by atoms with Crippen molar-refractivity contribution in [1.82, 2.24) is 10.2 Å². The minimum atomic E-state index is -0.694. The summed E-state index contributed by atoms with van der Waals surface area (Å²) in [6.45, 7) is 4.22. The van der Waals surface area contributed by atoms with Crippen molar-refractivity contribution in [2.75, 3.05) is 14.2 Å². The lowest BCUT2D eigenvalue weighted by molar-refractivity contribution is -0.141. The first kappa shape index (κ1) is 29.1. The molecule has 2 amide bonds. The molecule has 0 aliphatic carbocycles. The Hall–Kier alpha value is -3.51. The zero-order chi connectivity index (χ0) is 27.5. The third kappa shape index (κ3) is 7.99. The molecule has 2 atom stereocenters. The number of methoxy groups -OCH3 is 2. The number of amides is 2. The van der Waals surface area contributed by atoms with Crippen LogP contribution < -0.4 is 14.8 Å². The van der Waals surface area contributed by atoms with Gasteiger partial charge in [0.25, 0.3) is 0 Å². The maximum atomic E-state index is 13.8. The molecule has 6 nitrogen and oxygen atoms in total. The molecule has 0 radical (unpaired) electrons. The zero-order valence-corrected chi connectivity index (χ0v) is 23.3. The average molecular weight is 537 g/mol. The molecule has 0 saturated carbocycles. The van der Waals surface area contributed by atoms with E-state index in [1.165, 1.54) is 0 Å². The van der Waals surface area contributed by atoms with Crippen molar-refractivity contribution < 1.29 is 19.1 Å². The lowest BCUT2D eigenvalue weighted by Gasteiger charge is -2.32. The maximum Gasteiger partial charge on any atom is 0.243 e. The molecule has 0 bridgehead atoms. The van der Waals surface area contributed by atoms with Gasteiger partial charge in [-0.25, -0.2) is 0 Å². The highest BCUT2D eigenvalue weighted by molar-refractivity contribution is 6.31. The smallest absolute Gasteiger partial charge is 0.243 e. The van der Waals surface area contributed by atoms with Gasteiger partial charge in [-0.15, -0.1) is 0 Å². The van der Waals surface area contributed by atoms with E-state index in [0.29, 0.717) is 29.4 Å². The molecular weight excluding hydrogens is 500 g/mol. The summed E-state index contributed by atoms with van der Waals surface area (Å²) in [5.41, 5.74) is 2.72. The molecule has 0 aliphatic heterocycles. The van der Waals surface area contributed by atoms with Gasteiger partial charge in [0.15, 0.2) is 11.5 Å². The van der Waals surface area contributed by atoms with Gasteiger partial charge >= 0.3 is 0 Å². The Morgan fingerprint density at radius 2 is 1.61 bits per heavy atom. The van der Waals surface area contributed by atoms with Gasteiger partial charge in [0.2, 0.25) is 11.8 Å². The van der Waals surface area contributed by atoms with E-state index in [4.69, 9.17) is 21.1 Å². The number of carbonyl (C=O) groups is 2. The summed E-state index contributed by atoms with van der Waals surface area (Å²) >= 11 is 6.49. The van der Waals surface area contributed by atoms with E-state index < -0.39 is 6.04 Å². The van der Waals surface area contributed by atoms with Crippen LogP contribution >= 0.6 is 11.6 Å². The lowest BCUT2D eigenvalue weighted by Crippen LogP contribution is -2.52. The van der Waals surface area contributed by atoms with Crippen LogP contribution in [0.25, 0.3) is 0 Å². The summed E-state index contributed by atoms with van der Waals surface area (Å²) in [7, 11) is 3.17. The molecule has 0 heterocycles. The van der Waals surface area contributed by atoms with Gasteiger partial charge in [0.1, 0.15) is 6.04 Å². The highest BCUT2D eigenvalue weighted by atomic mass is 35.5. The van der Waals surface area contributed by atoms with Gasteiger partial charge in [0, 0.05) is 30.5 Å². The third-order valence-corrected chi connectivity index (χ3v) is 7.01. The van der Waals surface area contributed by atoms with Crippen molar-refractivity contribution in [2.45, 2.75) is 58.2 Å². The number of nitrogens with one attached hydrogen (secondary N) is 1. The molecule has 0 fully saturated rings. The Morgan fingerprint density at radius 1 is 0.921 bits per heavy atom. The van der Waals surface area contributed by atoms with Gasteiger partial charge in [-0.2, -0.15) is 0 Å². The number of rotatable bonds is 13. The summed E-state index contributed by atoms with van der Waals surface area (Å²) in [6, 6.07) is 22.1. The summed E-state index contributed by atoms with van der Waals surface area (Å²) < 4.78 is 10.7. The molecule has 0 saturated heterocycles. The fraction of sp³-hybridized carbons (Fsp3) is 0.355. The minimum Gasteiger partial charge on any atom is -0.493 e. The minimum absolute atomic E-state index is 0.00944. The zero-order valence-electron chi connectivity index (χ0n) is 22.6. The Bertz CT molecular complexity index is 1200. The van der Waals surface area contributed by atoms with Crippen molar-refractivity contribution in [2.24, 2.45) is 0 Å². The predicted molar refractivity (Wildman–Crippen MR) is 152 cm³/mol. The topological polar surface area (TPSA) is 67.9 Å². The van der Waals surface area contributed by atoms with E-state index in [0.717, 1.165) is 23.1 Å². The second kappa shape index (κ2) is 14.4. The van der Waals surface area contributed by atoms with Gasteiger partial charge in [-0.3, -0.25) is 9.59 Å². The Balaban J connectivity index is 1.92. The molecule has 0 spiro atoms. The lowest BCUT2D eigenvalue weighted by atomic mass is 10.0. The number of aryl methyl sites for hydroxylation is 1. The first-order valence-electron chi connectivity index (χ1n) is 12.9. The van der Waals surface area contributed by atoms with Gasteiger partial charge in [-0.05, 0) is 54.7 Å². The van der Waals surface area contributed by atoms with E-state index in [1.807, 2.05) is 80.6 Å². The molecule has 3 rings (SSSR count). The van der Waals surface area contributed by atoms with Crippen LogP contribution in [-0.4, -0.2) is 43.0 Å². The van der Waals surface area contributed by atoms with E-state index in [9.17, 15) is 9.59 Å². The molecule has 0 aromatic heterocycles. The molecule has 0 aliphatic rings. The summed E-state index contributed by atoms with van der Waals surface area (Å²) in [6.07, 6.45) is 1.91. The normalized spacial score (nSPS) is 12.3. The number of benzene rings is 3. The van der Waals surface area contributed by atoms with Crippen LogP contribution in [-0.2, 0) is 29.0 Å². The standard InChI is InChI=1S/C31H37ClN2O4/c1-5-22(2)33-31(36)27(19-23-11-7-6-8-12-23)34(21-25-13-9-10-14-26(25)32)30(35)18-16-24-15-17-28(37-3)29(20-24)38-4/h6-15,17,20,22,27H,5,16,18-19,21H2,1-4H3,(H,33,36)/t22-,27+/m1/s1. The second-order valence-corrected chi connectivity index (χ2v) is 9.73. The molecule has 202 valence electrons. The molecule has 7 heteroatoms. The quantitative estimate of drug-likeness (QED) is 0.298. The number of hydrogen-bond donors (Lipinski definition) is 1. The van der Waals surface area contributed by atoms with Crippen LogP contribution in [0, 0.1) is 0 Å². The van der Waals surface area contributed by atoms with Crippen LogP contribution in [0.5, 0.6) is 11.5 Å². The van der Waals surface area contributed by atoms with Crippen molar-refractivity contribution in [3.05, 3.63) is 94.5 Å². The molecule has 1 N–H and O–H groups in total.